The van der Waals surface area contributed by atoms with Crippen molar-refractivity contribution in [3.63, 3.8) is 0 Å². The van der Waals surface area contributed by atoms with E-state index in [9.17, 15) is 0 Å². The number of rotatable bonds is 4. The number of allylic oxidation sites excluding steroid dienone is 1. The van der Waals surface area contributed by atoms with Crippen LogP contribution in [0.25, 0.3) is 0 Å². The zero-order valence-corrected chi connectivity index (χ0v) is 14.8. The third kappa shape index (κ3) is 3.30. The molecule has 22 heavy (non-hydrogen) atoms. The SMILES string of the molecule is CCCN1CCSc2cc(N=C(N)C3SC=CC3C)ccc21. The molecule has 0 bridgehead atoms. The lowest BCUT2D eigenvalue weighted by Crippen LogP contribution is -2.30. The van der Waals surface area contributed by atoms with Crippen LogP contribution in [0.1, 0.15) is 20.3 Å². The molecule has 2 N–H and O–H groups in total. The molecule has 1 aromatic rings. The van der Waals surface area contributed by atoms with Gasteiger partial charge in [0.25, 0.3) is 0 Å². The van der Waals surface area contributed by atoms with Crippen LogP contribution in [-0.2, 0) is 0 Å². The van der Waals surface area contributed by atoms with Gasteiger partial charge in [-0.2, -0.15) is 0 Å². The Morgan fingerprint density at radius 1 is 1.45 bits per heavy atom. The number of benzene rings is 1. The molecule has 2 aliphatic heterocycles. The number of hydrogen-bond donors (Lipinski definition) is 1. The second-order valence-corrected chi connectivity index (χ2v) is 7.96. The average Bonchev–Trinajstić information content (AvgIpc) is 2.94. The summed E-state index contributed by atoms with van der Waals surface area (Å²) in [6.07, 6.45) is 3.38. The first-order chi connectivity index (χ1) is 10.7. The number of aliphatic imine (C=N–C) groups is 1. The Labute approximate surface area is 141 Å². The fourth-order valence-corrected chi connectivity index (χ4v) is 4.99. The van der Waals surface area contributed by atoms with Crippen molar-refractivity contribution in [1.82, 2.24) is 0 Å². The molecule has 3 nitrogen and oxygen atoms in total. The molecule has 0 saturated heterocycles. The topological polar surface area (TPSA) is 41.6 Å². The minimum absolute atomic E-state index is 0.278. The van der Waals surface area contributed by atoms with E-state index in [1.807, 2.05) is 11.8 Å². The maximum atomic E-state index is 6.22. The van der Waals surface area contributed by atoms with Crippen molar-refractivity contribution in [3.8, 4) is 0 Å². The molecular formula is C17H23N3S2. The van der Waals surface area contributed by atoms with Crippen LogP contribution in [0.3, 0.4) is 0 Å². The Bertz CT molecular complexity index is 598. The van der Waals surface area contributed by atoms with Crippen LogP contribution in [0.4, 0.5) is 11.4 Å². The lowest BCUT2D eigenvalue weighted by Gasteiger charge is -2.30. The third-order valence-electron chi connectivity index (χ3n) is 4.03. The Balaban J connectivity index is 1.81. The average molecular weight is 334 g/mol. The van der Waals surface area contributed by atoms with E-state index < -0.39 is 0 Å². The molecule has 0 fully saturated rings. The maximum Gasteiger partial charge on any atom is 0.114 e. The molecule has 0 radical (unpaired) electrons. The predicted octanol–water partition coefficient (Wildman–Crippen LogP) is 4.26. The molecule has 2 atom stereocenters. The lowest BCUT2D eigenvalue weighted by atomic mass is 10.1. The fraction of sp³-hybridized carbons (Fsp3) is 0.471. The van der Waals surface area contributed by atoms with Crippen LogP contribution in [0.2, 0.25) is 0 Å². The highest BCUT2D eigenvalue weighted by molar-refractivity contribution is 8.03. The molecule has 118 valence electrons. The maximum absolute atomic E-state index is 6.22. The summed E-state index contributed by atoms with van der Waals surface area (Å²) < 4.78 is 0. The smallest absolute Gasteiger partial charge is 0.114 e. The van der Waals surface area contributed by atoms with Gasteiger partial charge in [-0.1, -0.05) is 19.9 Å². The van der Waals surface area contributed by atoms with E-state index in [4.69, 9.17) is 5.73 Å². The highest BCUT2D eigenvalue weighted by atomic mass is 32.2. The lowest BCUT2D eigenvalue weighted by molar-refractivity contribution is 0.781. The number of anilines is 1. The summed E-state index contributed by atoms with van der Waals surface area (Å²) in [5, 5.41) is 2.41. The van der Waals surface area contributed by atoms with E-state index in [0.717, 1.165) is 30.4 Å². The molecule has 2 heterocycles. The summed E-state index contributed by atoms with van der Waals surface area (Å²) in [4.78, 5) is 8.48. The van der Waals surface area contributed by atoms with Gasteiger partial charge in [-0.05, 0) is 35.9 Å². The minimum atomic E-state index is 0.278. The first kappa shape index (κ1) is 15.8. The van der Waals surface area contributed by atoms with Gasteiger partial charge in [0.05, 0.1) is 16.6 Å². The van der Waals surface area contributed by atoms with Gasteiger partial charge in [0.1, 0.15) is 5.84 Å². The van der Waals surface area contributed by atoms with Crippen molar-refractivity contribution in [2.75, 3.05) is 23.7 Å². The molecule has 0 spiro atoms. The summed E-state index contributed by atoms with van der Waals surface area (Å²) in [7, 11) is 0. The Hall–Kier alpha value is -1.07. The van der Waals surface area contributed by atoms with E-state index in [2.05, 4.69) is 53.4 Å². The number of nitrogens with zero attached hydrogens (tertiary/aromatic N) is 2. The van der Waals surface area contributed by atoms with Gasteiger partial charge < -0.3 is 10.6 Å². The molecule has 0 amide bonds. The quantitative estimate of drug-likeness (QED) is 0.660. The molecule has 3 rings (SSSR count). The number of fused-ring (bicyclic) bond motifs is 1. The van der Waals surface area contributed by atoms with E-state index in [1.54, 1.807) is 11.8 Å². The Morgan fingerprint density at radius 2 is 2.32 bits per heavy atom. The summed E-state index contributed by atoms with van der Waals surface area (Å²) >= 11 is 3.69. The predicted molar refractivity (Wildman–Crippen MR) is 101 cm³/mol. The number of thioether (sulfide) groups is 2. The van der Waals surface area contributed by atoms with Gasteiger partial charge in [0.15, 0.2) is 0 Å². The van der Waals surface area contributed by atoms with Crippen LogP contribution in [-0.4, -0.2) is 29.9 Å². The summed E-state index contributed by atoms with van der Waals surface area (Å²) in [5.74, 6) is 2.34. The highest BCUT2D eigenvalue weighted by Crippen LogP contribution is 2.38. The van der Waals surface area contributed by atoms with Gasteiger partial charge in [-0.15, -0.1) is 23.5 Å². The molecule has 1 aromatic carbocycles. The van der Waals surface area contributed by atoms with E-state index in [-0.39, 0.29) is 5.25 Å². The standard InChI is InChI=1S/C17H23N3S2/c1-3-7-20-8-10-21-15-11-13(4-5-14(15)20)19-17(18)16-12(2)6-9-22-16/h4-6,9,11-12,16H,3,7-8,10H2,1-2H3,(H2,18,19). The van der Waals surface area contributed by atoms with Crippen molar-refractivity contribution in [2.45, 2.75) is 30.4 Å². The Morgan fingerprint density at radius 3 is 3.05 bits per heavy atom. The first-order valence-corrected chi connectivity index (χ1v) is 9.80. The van der Waals surface area contributed by atoms with Crippen LogP contribution < -0.4 is 10.6 Å². The normalized spacial score (nSPS) is 24.6. The van der Waals surface area contributed by atoms with Crippen molar-refractivity contribution in [2.24, 2.45) is 16.6 Å². The van der Waals surface area contributed by atoms with E-state index >= 15 is 0 Å². The van der Waals surface area contributed by atoms with E-state index in [1.165, 1.54) is 17.0 Å². The molecule has 2 unspecified atom stereocenters. The van der Waals surface area contributed by atoms with Crippen molar-refractivity contribution >= 4 is 40.7 Å². The second kappa shape index (κ2) is 7.01. The summed E-state index contributed by atoms with van der Waals surface area (Å²) in [6, 6.07) is 6.48. The monoisotopic (exact) mass is 333 g/mol. The highest BCUT2D eigenvalue weighted by Gasteiger charge is 2.23. The van der Waals surface area contributed by atoms with Crippen LogP contribution in [0.5, 0.6) is 0 Å². The van der Waals surface area contributed by atoms with Gasteiger partial charge in [0, 0.05) is 23.7 Å². The van der Waals surface area contributed by atoms with Gasteiger partial charge in [-0.25, -0.2) is 4.99 Å². The summed E-state index contributed by atoms with van der Waals surface area (Å²) in [6.45, 7) is 6.68. The van der Waals surface area contributed by atoms with Gasteiger partial charge in [-0.3, -0.25) is 0 Å². The molecule has 2 aliphatic rings. The Kier molecular flexibility index (Phi) is 5.03. The van der Waals surface area contributed by atoms with Crippen LogP contribution >= 0.6 is 23.5 Å². The van der Waals surface area contributed by atoms with Crippen LogP contribution in [0.15, 0.2) is 39.6 Å². The zero-order chi connectivity index (χ0) is 15.5. The van der Waals surface area contributed by atoms with Crippen LogP contribution in [0, 0.1) is 5.92 Å². The molecule has 0 aliphatic carbocycles. The van der Waals surface area contributed by atoms with E-state index in [0.29, 0.717) is 5.92 Å². The fourth-order valence-electron chi connectivity index (χ4n) is 2.87. The molecule has 0 aromatic heterocycles. The third-order valence-corrected chi connectivity index (χ3v) is 6.33. The zero-order valence-electron chi connectivity index (χ0n) is 13.2. The number of nitrogens with two attached hydrogens (primary N) is 1. The largest absolute Gasteiger partial charge is 0.386 e. The van der Waals surface area contributed by atoms with Gasteiger partial charge in [0.2, 0.25) is 0 Å². The second-order valence-electron chi connectivity index (χ2n) is 5.77. The van der Waals surface area contributed by atoms with Crippen molar-refractivity contribution in [1.29, 1.82) is 0 Å². The summed E-state index contributed by atoms with van der Waals surface area (Å²) in [5.41, 5.74) is 8.55. The molecular weight excluding hydrogens is 310 g/mol. The van der Waals surface area contributed by atoms with Gasteiger partial charge >= 0.3 is 0 Å². The first-order valence-electron chi connectivity index (χ1n) is 7.87. The molecule has 5 heteroatoms. The minimum Gasteiger partial charge on any atom is -0.386 e. The van der Waals surface area contributed by atoms with Crippen molar-refractivity contribution in [3.05, 3.63) is 29.7 Å². The number of amidine groups is 1. The molecule has 0 saturated carbocycles. The van der Waals surface area contributed by atoms with Crippen molar-refractivity contribution < 1.29 is 0 Å². The number of hydrogen-bond acceptors (Lipinski definition) is 4.